The van der Waals surface area contributed by atoms with Gasteiger partial charge in [0.05, 0.1) is 6.54 Å². The molecular weight excluding hydrogens is 339 g/mol. The zero-order valence-electron chi connectivity index (χ0n) is 13.9. The van der Waals surface area contributed by atoms with E-state index in [1.165, 1.54) is 12.1 Å². The van der Waals surface area contributed by atoms with E-state index in [4.69, 9.17) is 0 Å². The number of rotatable bonds is 9. The molecule has 0 unspecified atom stereocenters. The molecule has 2 N–H and O–H groups in total. The Morgan fingerprint density at radius 3 is 2.50 bits per heavy atom. The lowest BCUT2D eigenvalue weighted by atomic mass is 10.2. The molecule has 136 valence electrons. The van der Waals surface area contributed by atoms with Crippen molar-refractivity contribution in [3.63, 3.8) is 0 Å². The zero-order valence-corrected chi connectivity index (χ0v) is 14.8. The summed E-state index contributed by atoms with van der Waals surface area (Å²) >= 11 is 1.80. The molecule has 0 amide bonds. The molecule has 8 heteroatoms. The second kappa shape index (κ2) is 11.1. The standard InChI is InChI=1S/C16H24F3N3OS/c1-3-20-15(21-9-4-10-24-2)22-11-13-5-7-14(8-6-13)23-12-16(17,18)19/h5-8H,3-4,9-12H2,1-2H3,(H2,20,21,22). The molecule has 0 radical (unpaired) electrons. The minimum Gasteiger partial charge on any atom is -0.484 e. The molecule has 0 saturated carbocycles. The molecule has 24 heavy (non-hydrogen) atoms. The van der Waals surface area contributed by atoms with E-state index in [1.54, 1.807) is 23.9 Å². The number of hydrogen-bond acceptors (Lipinski definition) is 3. The summed E-state index contributed by atoms with van der Waals surface area (Å²) in [5.41, 5.74) is 0.899. The quantitative estimate of drug-likeness (QED) is 0.401. The van der Waals surface area contributed by atoms with Crippen LogP contribution in [-0.2, 0) is 6.54 Å². The summed E-state index contributed by atoms with van der Waals surface area (Å²) < 4.78 is 41.0. The van der Waals surface area contributed by atoms with Crippen LogP contribution in [-0.4, -0.2) is 43.8 Å². The summed E-state index contributed by atoms with van der Waals surface area (Å²) in [7, 11) is 0. The van der Waals surface area contributed by atoms with E-state index < -0.39 is 12.8 Å². The molecule has 1 aromatic carbocycles. The van der Waals surface area contributed by atoms with Crippen LogP contribution < -0.4 is 15.4 Å². The lowest BCUT2D eigenvalue weighted by Gasteiger charge is -2.11. The smallest absolute Gasteiger partial charge is 0.422 e. The van der Waals surface area contributed by atoms with Crippen molar-refractivity contribution in [1.29, 1.82) is 0 Å². The highest BCUT2D eigenvalue weighted by atomic mass is 32.2. The lowest BCUT2D eigenvalue weighted by molar-refractivity contribution is -0.153. The van der Waals surface area contributed by atoms with Gasteiger partial charge in [0.25, 0.3) is 0 Å². The molecule has 0 aliphatic carbocycles. The van der Waals surface area contributed by atoms with Crippen LogP contribution >= 0.6 is 11.8 Å². The van der Waals surface area contributed by atoms with Gasteiger partial charge in [-0.1, -0.05) is 12.1 Å². The molecule has 1 aromatic rings. The Kier molecular flexibility index (Phi) is 9.44. The first-order valence-electron chi connectivity index (χ1n) is 7.74. The van der Waals surface area contributed by atoms with E-state index in [1.807, 2.05) is 6.92 Å². The summed E-state index contributed by atoms with van der Waals surface area (Å²) in [6, 6.07) is 6.48. The maximum atomic E-state index is 12.1. The highest BCUT2D eigenvalue weighted by molar-refractivity contribution is 7.98. The molecule has 0 saturated heterocycles. The van der Waals surface area contributed by atoms with Gasteiger partial charge in [-0.3, -0.25) is 0 Å². The van der Waals surface area contributed by atoms with Crippen molar-refractivity contribution in [2.24, 2.45) is 4.99 Å². The summed E-state index contributed by atoms with van der Waals surface area (Å²) in [5, 5.41) is 6.41. The third kappa shape index (κ3) is 9.54. The minimum absolute atomic E-state index is 0.196. The fourth-order valence-corrected chi connectivity index (χ4v) is 2.22. The Morgan fingerprint density at radius 1 is 1.21 bits per heavy atom. The van der Waals surface area contributed by atoms with E-state index in [0.717, 1.165) is 36.8 Å². The van der Waals surface area contributed by atoms with Crippen LogP contribution in [0, 0.1) is 0 Å². The Hall–Kier alpha value is -1.57. The number of thioether (sulfide) groups is 1. The van der Waals surface area contributed by atoms with Crippen molar-refractivity contribution < 1.29 is 17.9 Å². The fraction of sp³-hybridized carbons (Fsp3) is 0.562. The third-order valence-electron chi connectivity index (χ3n) is 2.91. The summed E-state index contributed by atoms with van der Waals surface area (Å²) in [5.74, 6) is 2.02. The Morgan fingerprint density at radius 2 is 1.92 bits per heavy atom. The largest absolute Gasteiger partial charge is 0.484 e. The third-order valence-corrected chi connectivity index (χ3v) is 3.60. The van der Waals surface area contributed by atoms with Crippen molar-refractivity contribution in [2.45, 2.75) is 26.1 Å². The van der Waals surface area contributed by atoms with Crippen LogP contribution in [0.15, 0.2) is 29.3 Å². The van der Waals surface area contributed by atoms with Gasteiger partial charge in [0.15, 0.2) is 12.6 Å². The van der Waals surface area contributed by atoms with Crippen molar-refractivity contribution in [3.8, 4) is 5.75 Å². The van der Waals surface area contributed by atoms with Gasteiger partial charge in [-0.2, -0.15) is 24.9 Å². The predicted octanol–water partition coefficient (Wildman–Crippen LogP) is 3.44. The fourth-order valence-electron chi connectivity index (χ4n) is 1.79. The molecule has 0 atom stereocenters. The van der Waals surface area contributed by atoms with E-state index in [9.17, 15) is 13.2 Å². The number of halogens is 3. The normalized spacial score (nSPS) is 12.1. The average Bonchev–Trinajstić information content (AvgIpc) is 2.55. The number of nitrogens with one attached hydrogen (secondary N) is 2. The lowest BCUT2D eigenvalue weighted by Crippen LogP contribution is -2.37. The number of alkyl halides is 3. The van der Waals surface area contributed by atoms with Crippen LogP contribution in [0.1, 0.15) is 18.9 Å². The Labute approximate surface area is 145 Å². The van der Waals surface area contributed by atoms with E-state index in [0.29, 0.717) is 6.54 Å². The first kappa shape index (κ1) is 20.5. The highest BCUT2D eigenvalue weighted by Crippen LogP contribution is 2.19. The number of benzene rings is 1. The second-order valence-electron chi connectivity index (χ2n) is 5.02. The molecular formula is C16H24F3N3OS. The first-order chi connectivity index (χ1) is 11.4. The number of hydrogen-bond donors (Lipinski definition) is 2. The van der Waals surface area contributed by atoms with Gasteiger partial charge in [0, 0.05) is 13.1 Å². The first-order valence-corrected chi connectivity index (χ1v) is 9.13. The van der Waals surface area contributed by atoms with Gasteiger partial charge in [0.1, 0.15) is 5.75 Å². The number of aliphatic imine (C=N–C) groups is 1. The molecule has 0 spiro atoms. The predicted molar refractivity (Wildman–Crippen MR) is 93.8 cm³/mol. The maximum absolute atomic E-state index is 12.1. The number of ether oxygens (including phenoxy) is 1. The SMILES string of the molecule is CCNC(=NCc1ccc(OCC(F)(F)F)cc1)NCCCSC. The van der Waals surface area contributed by atoms with Crippen molar-refractivity contribution >= 4 is 17.7 Å². The molecule has 4 nitrogen and oxygen atoms in total. The summed E-state index contributed by atoms with van der Waals surface area (Å²) in [6.07, 6.45) is -1.20. The number of guanidine groups is 1. The van der Waals surface area contributed by atoms with Crippen LogP contribution in [0.4, 0.5) is 13.2 Å². The van der Waals surface area contributed by atoms with Gasteiger partial charge >= 0.3 is 6.18 Å². The van der Waals surface area contributed by atoms with E-state index >= 15 is 0 Å². The Balaban J connectivity index is 2.50. The van der Waals surface area contributed by atoms with Crippen molar-refractivity contribution in [3.05, 3.63) is 29.8 Å². The van der Waals surface area contributed by atoms with Crippen LogP contribution in [0.25, 0.3) is 0 Å². The Bertz CT molecular complexity index is 492. The second-order valence-corrected chi connectivity index (χ2v) is 6.00. The molecule has 0 bridgehead atoms. The molecule has 1 rings (SSSR count). The monoisotopic (exact) mass is 363 g/mol. The van der Waals surface area contributed by atoms with E-state index in [-0.39, 0.29) is 5.75 Å². The summed E-state index contributed by atoms with van der Waals surface area (Å²) in [6.45, 7) is 2.76. The zero-order chi connectivity index (χ0) is 17.8. The van der Waals surface area contributed by atoms with Gasteiger partial charge in [0.2, 0.25) is 0 Å². The molecule has 0 aromatic heterocycles. The minimum atomic E-state index is -4.33. The summed E-state index contributed by atoms with van der Waals surface area (Å²) in [4.78, 5) is 4.46. The molecule has 0 heterocycles. The topological polar surface area (TPSA) is 45.7 Å². The van der Waals surface area contributed by atoms with Crippen molar-refractivity contribution in [1.82, 2.24) is 10.6 Å². The van der Waals surface area contributed by atoms with E-state index in [2.05, 4.69) is 26.6 Å². The van der Waals surface area contributed by atoms with Crippen molar-refractivity contribution in [2.75, 3.05) is 31.7 Å². The van der Waals surface area contributed by atoms with Gasteiger partial charge < -0.3 is 15.4 Å². The highest BCUT2D eigenvalue weighted by Gasteiger charge is 2.28. The van der Waals surface area contributed by atoms with Gasteiger partial charge in [-0.05, 0) is 43.0 Å². The van der Waals surface area contributed by atoms with Gasteiger partial charge in [-0.15, -0.1) is 0 Å². The average molecular weight is 363 g/mol. The molecule has 0 aliphatic heterocycles. The van der Waals surface area contributed by atoms with Crippen LogP contribution in [0.3, 0.4) is 0 Å². The number of nitrogens with zero attached hydrogens (tertiary/aromatic N) is 1. The van der Waals surface area contributed by atoms with Gasteiger partial charge in [-0.25, -0.2) is 4.99 Å². The maximum Gasteiger partial charge on any atom is 0.422 e. The molecule has 0 fully saturated rings. The van der Waals surface area contributed by atoms with Crippen LogP contribution in [0.5, 0.6) is 5.75 Å². The van der Waals surface area contributed by atoms with Crippen LogP contribution in [0.2, 0.25) is 0 Å². The molecule has 0 aliphatic rings.